The highest BCUT2D eigenvalue weighted by atomic mass is 79.9. The molecule has 2 aromatic heterocycles. The Morgan fingerprint density at radius 1 is 0.828 bits per heavy atom. The van der Waals surface area contributed by atoms with Crippen LogP contribution in [0.5, 0.6) is 0 Å². The standard InChI is InChI=1S/C24H14BrN3O/c25-16-8-5-7-15(12-16)22-18-13-14-6-1-3-10-19(14)26-21(18)23-27-20-11-4-2-9-17(20)24(29)28(22)23/h1-13,22H. The van der Waals surface area contributed by atoms with Crippen LogP contribution >= 0.6 is 15.9 Å². The van der Waals surface area contributed by atoms with Gasteiger partial charge in [-0.15, -0.1) is 0 Å². The second-order valence-corrected chi connectivity index (χ2v) is 8.12. The molecule has 1 aliphatic rings. The van der Waals surface area contributed by atoms with Gasteiger partial charge in [-0.05, 0) is 42.0 Å². The zero-order chi connectivity index (χ0) is 19.5. The van der Waals surface area contributed by atoms with E-state index in [1.54, 1.807) is 4.57 Å². The van der Waals surface area contributed by atoms with E-state index in [0.29, 0.717) is 16.7 Å². The molecular formula is C24H14BrN3O. The number of benzene rings is 3. The van der Waals surface area contributed by atoms with Crippen molar-refractivity contribution in [2.45, 2.75) is 6.04 Å². The molecule has 3 heterocycles. The third-order valence-corrected chi connectivity index (χ3v) is 5.98. The third kappa shape index (κ3) is 2.41. The molecule has 5 aromatic rings. The summed E-state index contributed by atoms with van der Waals surface area (Å²) in [6, 6.07) is 25.5. The summed E-state index contributed by atoms with van der Waals surface area (Å²) in [5.41, 5.74) is 4.35. The van der Waals surface area contributed by atoms with Crippen molar-refractivity contribution >= 4 is 37.7 Å². The summed E-state index contributed by atoms with van der Waals surface area (Å²) in [6.45, 7) is 0. The first-order chi connectivity index (χ1) is 14.2. The number of para-hydroxylation sites is 2. The molecule has 6 rings (SSSR count). The van der Waals surface area contributed by atoms with E-state index in [-0.39, 0.29) is 11.6 Å². The van der Waals surface area contributed by atoms with Gasteiger partial charge >= 0.3 is 0 Å². The first-order valence-electron chi connectivity index (χ1n) is 9.37. The van der Waals surface area contributed by atoms with Crippen molar-refractivity contribution in [2.24, 2.45) is 0 Å². The highest BCUT2D eigenvalue weighted by Crippen LogP contribution is 2.42. The summed E-state index contributed by atoms with van der Waals surface area (Å²) < 4.78 is 2.77. The van der Waals surface area contributed by atoms with Crippen LogP contribution in [-0.4, -0.2) is 14.5 Å². The van der Waals surface area contributed by atoms with Crippen molar-refractivity contribution in [3.05, 3.63) is 105 Å². The van der Waals surface area contributed by atoms with Crippen molar-refractivity contribution in [2.75, 3.05) is 0 Å². The number of rotatable bonds is 1. The lowest BCUT2D eigenvalue weighted by Gasteiger charge is -2.17. The molecule has 0 bridgehead atoms. The molecule has 138 valence electrons. The predicted octanol–water partition coefficient (Wildman–Crippen LogP) is 5.33. The minimum Gasteiger partial charge on any atom is -0.279 e. The summed E-state index contributed by atoms with van der Waals surface area (Å²) >= 11 is 3.57. The van der Waals surface area contributed by atoms with Crippen LogP contribution in [0, 0.1) is 0 Å². The maximum absolute atomic E-state index is 13.5. The van der Waals surface area contributed by atoms with Gasteiger partial charge < -0.3 is 0 Å². The highest BCUT2D eigenvalue weighted by Gasteiger charge is 2.34. The Balaban J connectivity index is 1.77. The van der Waals surface area contributed by atoms with E-state index in [0.717, 1.165) is 32.2 Å². The number of aromatic nitrogens is 3. The first kappa shape index (κ1) is 16.6. The fourth-order valence-electron chi connectivity index (χ4n) is 4.22. The van der Waals surface area contributed by atoms with Crippen molar-refractivity contribution in [1.82, 2.24) is 14.5 Å². The van der Waals surface area contributed by atoms with Gasteiger partial charge in [-0.2, -0.15) is 0 Å². The quantitative estimate of drug-likeness (QED) is 0.348. The molecule has 0 radical (unpaired) electrons. The molecular weight excluding hydrogens is 426 g/mol. The molecule has 0 N–H and O–H groups in total. The van der Waals surface area contributed by atoms with E-state index in [4.69, 9.17) is 9.97 Å². The Hall–Kier alpha value is -3.31. The second-order valence-electron chi connectivity index (χ2n) is 7.20. The van der Waals surface area contributed by atoms with Gasteiger partial charge in [0.25, 0.3) is 5.56 Å². The topological polar surface area (TPSA) is 47.8 Å². The van der Waals surface area contributed by atoms with Crippen molar-refractivity contribution < 1.29 is 0 Å². The SMILES string of the molecule is O=c1c2ccccc2nc2n1C(c1cccc(Br)c1)c1cc3ccccc3nc1-2. The Morgan fingerprint density at radius 3 is 2.48 bits per heavy atom. The molecule has 29 heavy (non-hydrogen) atoms. The van der Waals surface area contributed by atoms with Crippen LogP contribution in [0.2, 0.25) is 0 Å². The first-order valence-corrected chi connectivity index (χ1v) is 10.2. The van der Waals surface area contributed by atoms with E-state index >= 15 is 0 Å². The minimum atomic E-state index is -0.265. The van der Waals surface area contributed by atoms with Gasteiger partial charge in [0.15, 0.2) is 5.82 Å². The second kappa shape index (κ2) is 6.09. The fourth-order valence-corrected chi connectivity index (χ4v) is 4.63. The van der Waals surface area contributed by atoms with Crippen LogP contribution in [-0.2, 0) is 0 Å². The molecule has 1 aliphatic heterocycles. The number of halogens is 1. The zero-order valence-electron chi connectivity index (χ0n) is 15.2. The van der Waals surface area contributed by atoms with Gasteiger partial charge in [0, 0.05) is 15.4 Å². The molecule has 3 aromatic carbocycles. The van der Waals surface area contributed by atoms with Gasteiger partial charge in [0.05, 0.1) is 22.5 Å². The molecule has 1 unspecified atom stereocenters. The lowest BCUT2D eigenvalue weighted by molar-refractivity contribution is 0.683. The largest absolute Gasteiger partial charge is 0.279 e. The summed E-state index contributed by atoms with van der Waals surface area (Å²) in [5.74, 6) is 0.624. The zero-order valence-corrected chi connectivity index (χ0v) is 16.8. The molecule has 1 atom stereocenters. The molecule has 4 nitrogen and oxygen atoms in total. The van der Waals surface area contributed by atoms with Crippen LogP contribution in [0.3, 0.4) is 0 Å². The Morgan fingerprint density at radius 2 is 1.62 bits per heavy atom. The van der Waals surface area contributed by atoms with E-state index in [1.807, 2.05) is 60.7 Å². The smallest absolute Gasteiger partial charge is 0.262 e. The summed E-state index contributed by atoms with van der Waals surface area (Å²) in [4.78, 5) is 23.3. The van der Waals surface area contributed by atoms with Crippen LogP contribution in [0.1, 0.15) is 17.2 Å². The Bertz CT molecular complexity index is 1510. The molecule has 0 spiro atoms. The minimum absolute atomic E-state index is 0.0439. The van der Waals surface area contributed by atoms with E-state index in [9.17, 15) is 4.79 Å². The average molecular weight is 440 g/mol. The Kier molecular flexibility index (Phi) is 3.49. The van der Waals surface area contributed by atoms with Crippen LogP contribution in [0.4, 0.5) is 0 Å². The van der Waals surface area contributed by atoms with Gasteiger partial charge in [-0.1, -0.05) is 58.4 Å². The van der Waals surface area contributed by atoms with Crippen LogP contribution in [0.15, 0.2) is 88.1 Å². The number of nitrogens with zero attached hydrogens (tertiary/aromatic N) is 3. The molecule has 0 saturated carbocycles. The number of hydrogen-bond acceptors (Lipinski definition) is 3. The van der Waals surface area contributed by atoms with Gasteiger partial charge in [-0.25, -0.2) is 9.97 Å². The average Bonchev–Trinajstić information content (AvgIpc) is 3.06. The maximum Gasteiger partial charge on any atom is 0.262 e. The molecule has 0 fully saturated rings. The lowest BCUT2D eigenvalue weighted by Crippen LogP contribution is -2.25. The lowest BCUT2D eigenvalue weighted by atomic mass is 9.98. The summed E-state index contributed by atoms with van der Waals surface area (Å²) in [7, 11) is 0. The highest BCUT2D eigenvalue weighted by molar-refractivity contribution is 9.10. The van der Waals surface area contributed by atoms with E-state index in [2.05, 4.69) is 34.1 Å². The number of fused-ring (bicyclic) bond motifs is 5. The number of hydrogen-bond donors (Lipinski definition) is 0. The molecule has 0 saturated heterocycles. The third-order valence-electron chi connectivity index (χ3n) is 5.49. The monoisotopic (exact) mass is 439 g/mol. The van der Waals surface area contributed by atoms with E-state index < -0.39 is 0 Å². The van der Waals surface area contributed by atoms with Crippen molar-refractivity contribution in [3.63, 3.8) is 0 Å². The van der Waals surface area contributed by atoms with Crippen molar-refractivity contribution in [3.8, 4) is 11.5 Å². The normalized spacial score (nSPS) is 14.9. The summed E-state index contributed by atoms with van der Waals surface area (Å²) in [5, 5.41) is 1.67. The molecule has 5 heteroatoms. The van der Waals surface area contributed by atoms with Gasteiger partial charge in [0.2, 0.25) is 0 Å². The number of pyridine rings is 1. The summed E-state index contributed by atoms with van der Waals surface area (Å²) in [6.07, 6.45) is 0. The van der Waals surface area contributed by atoms with E-state index in [1.165, 1.54) is 0 Å². The molecule has 0 amide bonds. The predicted molar refractivity (Wildman–Crippen MR) is 118 cm³/mol. The van der Waals surface area contributed by atoms with Gasteiger partial charge in [0.1, 0.15) is 5.69 Å². The van der Waals surface area contributed by atoms with Crippen molar-refractivity contribution in [1.29, 1.82) is 0 Å². The Labute approximate surface area is 174 Å². The molecule has 0 aliphatic carbocycles. The van der Waals surface area contributed by atoms with Crippen LogP contribution in [0.25, 0.3) is 33.3 Å². The fraction of sp³-hybridized carbons (Fsp3) is 0.0417. The van der Waals surface area contributed by atoms with Crippen LogP contribution < -0.4 is 5.56 Å². The maximum atomic E-state index is 13.5. The van der Waals surface area contributed by atoms with Gasteiger partial charge in [-0.3, -0.25) is 9.36 Å².